The van der Waals surface area contributed by atoms with Crippen LogP contribution in [0.1, 0.15) is 46.8 Å². The predicted octanol–water partition coefficient (Wildman–Crippen LogP) is 4.02. The van der Waals surface area contributed by atoms with Crippen LogP contribution in [-0.2, 0) is 0 Å². The third kappa shape index (κ3) is 1.51. The zero-order valence-corrected chi connectivity index (χ0v) is 10.7. The van der Waals surface area contributed by atoms with Crippen molar-refractivity contribution in [2.24, 2.45) is 5.92 Å². The number of fused-ring (bicyclic) bond motifs is 2. The molecule has 0 aromatic heterocycles. The first-order valence-corrected chi connectivity index (χ1v) is 6.42. The second-order valence-corrected chi connectivity index (χ2v) is 5.23. The third-order valence-corrected chi connectivity index (χ3v) is 3.75. The van der Waals surface area contributed by atoms with Gasteiger partial charge in [-0.1, -0.05) is 62.4 Å². The standard InChI is InChI=1S/C17H16O/c1-11(2)16-12-7-3-5-9-14(12)17(18)15-10-6-4-8-13(15)16/h3-11,16H,1-2H3. The Morgan fingerprint density at radius 1 is 0.833 bits per heavy atom. The molecule has 0 N–H and O–H groups in total. The van der Waals surface area contributed by atoms with E-state index in [9.17, 15) is 4.79 Å². The molecule has 0 atom stereocenters. The van der Waals surface area contributed by atoms with Crippen molar-refractivity contribution < 1.29 is 4.79 Å². The molecule has 0 fully saturated rings. The molecule has 90 valence electrons. The van der Waals surface area contributed by atoms with Crippen LogP contribution in [0.5, 0.6) is 0 Å². The summed E-state index contributed by atoms with van der Waals surface area (Å²) in [6.07, 6.45) is 0. The molecule has 0 amide bonds. The fourth-order valence-electron chi connectivity index (χ4n) is 2.98. The fourth-order valence-corrected chi connectivity index (χ4v) is 2.98. The maximum atomic E-state index is 12.5. The van der Waals surface area contributed by atoms with E-state index in [1.807, 2.05) is 36.4 Å². The van der Waals surface area contributed by atoms with Crippen LogP contribution in [0.3, 0.4) is 0 Å². The summed E-state index contributed by atoms with van der Waals surface area (Å²) >= 11 is 0. The van der Waals surface area contributed by atoms with E-state index in [0.29, 0.717) is 11.8 Å². The largest absolute Gasteiger partial charge is 0.289 e. The lowest BCUT2D eigenvalue weighted by molar-refractivity contribution is 0.103. The van der Waals surface area contributed by atoms with Crippen LogP contribution in [0, 0.1) is 5.92 Å². The molecular weight excluding hydrogens is 220 g/mol. The molecule has 1 aliphatic carbocycles. The number of benzene rings is 2. The minimum Gasteiger partial charge on any atom is -0.289 e. The molecule has 0 radical (unpaired) electrons. The topological polar surface area (TPSA) is 17.1 Å². The Balaban J connectivity index is 2.30. The molecule has 1 heteroatoms. The fraction of sp³-hybridized carbons (Fsp3) is 0.235. The average Bonchev–Trinajstić information content (AvgIpc) is 2.39. The first-order valence-electron chi connectivity index (χ1n) is 6.42. The first kappa shape index (κ1) is 11.2. The normalized spacial score (nSPS) is 14.5. The van der Waals surface area contributed by atoms with Crippen molar-refractivity contribution in [2.75, 3.05) is 0 Å². The summed E-state index contributed by atoms with van der Waals surface area (Å²) in [6, 6.07) is 16.0. The molecule has 2 aromatic carbocycles. The zero-order chi connectivity index (χ0) is 12.7. The van der Waals surface area contributed by atoms with Gasteiger partial charge in [-0.2, -0.15) is 0 Å². The minimum atomic E-state index is 0.165. The number of carbonyl (C=O) groups is 1. The highest BCUT2D eigenvalue weighted by Gasteiger charge is 2.31. The third-order valence-electron chi connectivity index (χ3n) is 3.75. The highest BCUT2D eigenvalue weighted by atomic mass is 16.1. The van der Waals surface area contributed by atoms with Crippen LogP contribution >= 0.6 is 0 Å². The van der Waals surface area contributed by atoms with Gasteiger partial charge >= 0.3 is 0 Å². The molecule has 0 saturated carbocycles. The van der Waals surface area contributed by atoms with E-state index >= 15 is 0 Å². The highest BCUT2D eigenvalue weighted by Crippen LogP contribution is 2.40. The van der Waals surface area contributed by atoms with Crippen molar-refractivity contribution in [1.82, 2.24) is 0 Å². The second-order valence-electron chi connectivity index (χ2n) is 5.23. The van der Waals surface area contributed by atoms with Gasteiger partial charge in [0.15, 0.2) is 5.78 Å². The molecule has 1 nitrogen and oxygen atoms in total. The van der Waals surface area contributed by atoms with Crippen molar-refractivity contribution >= 4 is 5.78 Å². The Bertz CT molecular complexity index is 561. The van der Waals surface area contributed by atoms with Crippen LogP contribution in [-0.4, -0.2) is 5.78 Å². The summed E-state index contributed by atoms with van der Waals surface area (Å²) in [5.41, 5.74) is 4.09. The van der Waals surface area contributed by atoms with E-state index < -0.39 is 0 Å². The van der Waals surface area contributed by atoms with Crippen LogP contribution in [0.25, 0.3) is 0 Å². The lowest BCUT2D eigenvalue weighted by Crippen LogP contribution is -2.22. The van der Waals surface area contributed by atoms with Gasteiger partial charge < -0.3 is 0 Å². The summed E-state index contributed by atoms with van der Waals surface area (Å²) in [7, 11) is 0. The van der Waals surface area contributed by atoms with Gasteiger partial charge in [-0.3, -0.25) is 4.79 Å². The van der Waals surface area contributed by atoms with Gasteiger partial charge in [0.2, 0.25) is 0 Å². The van der Waals surface area contributed by atoms with E-state index in [1.165, 1.54) is 11.1 Å². The maximum Gasteiger partial charge on any atom is 0.193 e. The monoisotopic (exact) mass is 236 g/mol. The molecule has 18 heavy (non-hydrogen) atoms. The van der Waals surface area contributed by atoms with Gasteiger partial charge in [0.05, 0.1) is 0 Å². The van der Waals surface area contributed by atoms with Crippen LogP contribution in [0.2, 0.25) is 0 Å². The molecule has 0 unspecified atom stereocenters. The summed E-state index contributed by atoms with van der Waals surface area (Å²) in [6.45, 7) is 4.43. The van der Waals surface area contributed by atoms with Gasteiger partial charge in [0, 0.05) is 17.0 Å². The van der Waals surface area contributed by atoms with Gasteiger partial charge in [0.25, 0.3) is 0 Å². The molecule has 0 heterocycles. The zero-order valence-electron chi connectivity index (χ0n) is 10.7. The quantitative estimate of drug-likeness (QED) is 0.731. The average molecular weight is 236 g/mol. The SMILES string of the molecule is CC(C)C1c2ccccc2C(=O)c2ccccc21. The smallest absolute Gasteiger partial charge is 0.193 e. The summed E-state index contributed by atoms with van der Waals surface area (Å²) in [5.74, 6) is 0.980. The van der Waals surface area contributed by atoms with Gasteiger partial charge in [-0.05, 0) is 17.0 Å². The Labute approximate surface area is 107 Å². The number of hydrogen-bond acceptors (Lipinski definition) is 1. The molecule has 0 saturated heterocycles. The van der Waals surface area contributed by atoms with Crippen LogP contribution < -0.4 is 0 Å². The summed E-state index contributed by atoms with van der Waals surface area (Å²) in [4.78, 5) is 12.5. The summed E-state index contributed by atoms with van der Waals surface area (Å²) < 4.78 is 0. The van der Waals surface area contributed by atoms with Crippen molar-refractivity contribution in [3.63, 3.8) is 0 Å². The second kappa shape index (κ2) is 4.09. The molecular formula is C17H16O. The van der Waals surface area contributed by atoms with E-state index in [1.54, 1.807) is 0 Å². The van der Waals surface area contributed by atoms with Crippen molar-refractivity contribution in [3.05, 3.63) is 70.8 Å². The molecule has 0 bridgehead atoms. The van der Waals surface area contributed by atoms with E-state index in [0.717, 1.165) is 11.1 Å². The van der Waals surface area contributed by atoms with Gasteiger partial charge in [-0.25, -0.2) is 0 Å². The summed E-state index contributed by atoms with van der Waals surface area (Å²) in [5, 5.41) is 0. The van der Waals surface area contributed by atoms with Crippen LogP contribution in [0.15, 0.2) is 48.5 Å². The van der Waals surface area contributed by atoms with Gasteiger partial charge in [0.1, 0.15) is 0 Å². The molecule has 2 aromatic rings. The van der Waals surface area contributed by atoms with Crippen molar-refractivity contribution in [2.45, 2.75) is 19.8 Å². The number of rotatable bonds is 1. The van der Waals surface area contributed by atoms with E-state index in [4.69, 9.17) is 0 Å². The molecule has 0 spiro atoms. The Morgan fingerprint density at radius 3 is 1.72 bits per heavy atom. The Hall–Kier alpha value is -1.89. The molecule has 1 aliphatic rings. The molecule has 0 aliphatic heterocycles. The Morgan fingerprint density at radius 2 is 1.28 bits per heavy atom. The van der Waals surface area contributed by atoms with Crippen molar-refractivity contribution in [1.29, 1.82) is 0 Å². The van der Waals surface area contributed by atoms with E-state index in [2.05, 4.69) is 26.0 Å². The number of carbonyl (C=O) groups excluding carboxylic acids is 1. The predicted molar refractivity (Wildman–Crippen MR) is 73.0 cm³/mol. The van der Waals surface area contributed by atoms with E-state index in [-0.39, 0.29) is 5.78 Å². The minimum absolute atomic E-state index is 0.165. The number of hydrogen-bond donors (Lipinski definition) is 0. The Kier molecular flexibility index (Phi) is 2.55. The lowest BCUT2D eigenvalue weighted by atomic mass is 9.73. The number of ketones is 1. The lowest BCUT2D eigenvalue weighted by Gasteiger charge is -2.30. The van der Waals surface area contributed by atoms with Crippen molar-refractivity contribution in [3.8, 4) is 0 Å². The highest BCUT2D eigenvalue weighted by molar-refractivity contribution is 6.12. The first-order chi connectivity index (χ1) is 8.70. The van der Waals surface area contributed by atoms with Crippen LogP contribution in [0.4, 0.5) is 0 Å². The maximum absolute atomic E-state index is 12.5. The van der Waals surface area contributed by atoms with Gasteiger partial charge in [-0.15, -0.1) is 0 Å². The molecule has 3 rings (SSSR count).